The fraction of sp³-hybridized carbons (Fsp3) is 0.250. The first-order valence-electron chi connectivity index (χ1n) is 4.39. The van der Waals surface area contributed by atoms with Gasteiger partial charge in [-0.05, 0) is 0 Å². The van der Waals surface area contributed by atoms with Crippen LogP contribution >= 0.6 is 22.9 Å². The molecule has 0 atom stereocenters. The molecule has 0 radical (unpaired) electrons. The van der Waals surface area contributed by atoms with Crippen molar-refractivity contribution in [3.05, 3.63) is 15.9 Å². The summed E-state index contributed by atoms with van der Waals surface area (Å²) in [6.45, 7) is 0. The van der Waals surface area contributed by atoms with Gasteiger partial charge in [0.2, 0.25) is 10.5 Å². The first kappa shape index (κ1) is 14.2. The Morgan fingerprint density at radius 1 is 1.61 bits per heavy atom. The summed E-state index contributed by atoms with van der Waals surface area (Å²) in [6, 6.07) is 0. The maximum Gasteiger partial charge on any atom is 0.360 e. The van der Waals surface area contributed by atoms with Gasteiger partial charge < -0.3 is 15.2 Å². The Bertz CT molecular complexity index is 561. The van der Waals surface area contributed by atoms with Crippen LogP contribution in [0.25, 0.3) is 0 Å². The molecule has 1 aromatic heterocycles. The summed E-state index contributed by atoms with van der Waals surface area (Å²) in [5.41, 5.74) is -0.675. The molecule has 0 saturated heterocycles. The number of amides is 1. The number of aromatic nitrogens is 1. The number of halogens is 1. The minimum Gasteiger partial charge on any atom is -0.476 e. The molecule has 10 heteroatoms. The van der Waals surface area contributed by atoms with Gasteiger partial charge in [-0.2, -0.15) is 9.72 Å². The third-order valence-electron chi connectivity index (χ3n) is 1.65. The maximum absolute atomic E-state index is 11.0. The molecule has 0 saturated carbocycles. The van der Waals surface area contributed by atoms with E-state index in [1.807, 2.05) is 0 Å². The molecule has 0 aliphatic heterocycles. The Kier molecular flexibility index (Phi) is 4.86. The van der Waals surface area contributed by atoms with Crippen LogP contribution in [0, 0.1) is 0 Å². The molecule has 0 aliphatic carbocycles. The molecule has 0 fully saturated rings. The lowest BCUT2D eigenvalue weighted by molar-refractivity contribution is -0.129. The average Bonchev–Trinajstić information content (AvgIpc) is 2.67. The van der Waals surface area contributed by atoms with Crippen LogP contribution in [-0.2, 0) is 14.4 Å². The minimum atomic E-state index is -1.40. The lowest BCUT2D eigenvalue weighted by atomic mass is 10.3. The SMILES string of the molecule is CON=C(C(=O)O)c1csc(=NC(=O)CCl)n1O. The van der Waals surface area contributed by atoms with Gasteiger partial charge in [0.1, 0.15) is 18.7 Å². The number of carboxylic acid groups (broad SMARTS) is 1. The zero-order chi connectivity index (χ0) is 13.7. The summed E-state index contributed by atoms with van der Waals surface area (Å²) < 4.78 is 0.432. The van der Waals surface area contributed by atoms with Gasteiger partial charge in [0.15, 0.2) is 0 Å². The van der Waals surface area contributed by atoms with Crippen molar-refractivity contribution in [2.75, 3.05) is 13.0 Å². The van der Waals surface area contributed by atoms with E-state index in [2.05, 4.69) is 15.0 Å². The van der Waals surface area contributed by atoms with Gasteiger partial charge in [0, 0.05) is 5.38 Å². The molecule has 98 valence electrons. The van der Waals surface area contributed by atoms with E-state index in [1.54, 1.807) is 0 Å². The summed E-state index contributed by atoms with van der Waals surface area (Å²) in [7, 11) is 1.17. The normalized spacial score (nSPS) is 12.6. The number of nitrogens with zero attached hydrogens (tertiary/aromatic N) is 3. The van der Waals surface area contributed by atoms with Crippen molar-refractivity contribution >= 4 is 40.5 Å². The molecule has 8 nitrogen and oxygen atoms in total. The van der Waals surface area contributed by atoms with Gasteiger partial charge in [0.05, 0.1) is 0 Å². The molecule has 18 heavy (non-hydrogen) atoms. The van der Waals surface area contributed by atoms with Crippen LogP contribution in [0.4, 0.5) is 0 Å². The number of carboxylic acids is 1. The highest BCUT2D eigenvalue weighted by Gasteiger charge is 2.19. The molecule has 0 unspecified atom stereocenters. The average molecular weight is 294 g/mol. The zero-order valence-corrected chi connectivity index (χ0v) is 10.6. The van der Waals surface area contributed by atoms with Crippen LogP contribution in [0.15, 0.2) is 15.5 Å². The number of carbonyl (C=O) groups is 2. The number of rotatable bonds is 4. The second kappa shape index (κ2) is 6.17. The van der Waals surface area contributed by atoms with Crippen molar-refractivity contribution in [3.8, 4) is 0 Å². The van der Waals surface area contributed by atoms with E-state index >= 15 is 0 Å². The molecule has 2 N–H and O–H groups in total. The van der Waals surface area contributed by atoms with Gasteiger partial charge in [-0.15, -0.1) is 22.9 Å². The highest BCUT2D eigenvalue weighted by molar-refractivity contribution is 7.07. The summed E-state index contributed by atoms with van der Waals surface area (Å²) in [5.74, 6) is -2.40. The highest BCUT2D eigenvalue weighted by Crippen LogP contribution is 2.03. The predicted molar refractivity (Wildman–Crippen MR) is 62.0 cm³/mol. The third-order valence-corrected chi connectivity index (χ3v) is 2.69. The number of thiazole rings is 1. The van der Waals surface area contributed by atoms with E-state index in [0.717, 1.165) is 11.3 Å². The molecule has 0 spiro atoms. The van der Waals surface area contributed by atoms with Crippen molar-refractivity contribution < 1.29 is 24.7 Å². The number of hydrogen-bond acceptors (Lipinski definition) is 6. The summed E-state index contributed by atoms with van der Waals surface area (Å²) in [4.78, 5) is 29.6. The first-order valence-corrected chi connectivity index (χ1v) is 5.80. The Balaban J connectivity index is 3.29. The molecular weight excluding hydrogens is 286 g/mol. The second-order valence-electron chi connectivity index (χ2n) is 2.78. The van der Waals surface area contributed by atoms with Crippen molar-refractivity contribution in [2.45, 2.75) is 0 Å². The molecule has 0 aromatic carbocycles. The summed E-state index contributed by atoms with van der Waals surface area (Å²) in [5, 5.41) is 23.1. The van der Waals surface area contributed by atoms with Crippen LogP contribution in [-0.4, -0.2) is 45.6 Å². The van der Waals surface area contributed by atoms with Gasteiger partial charge in [-0.3, -0.25) is 4.79 Å². The molecule has 0 bridgehead atoms. The number of hydrogen-bond donors (Lipinski definition) is 2. The van der Waals surface area contributed by atoms with Gasteiger partial charge >= 0.3 is 5.97 Å². The highest BCUT2D eigenvalue weighted by atomic mass is 35.5. The molecule has 1 rings (SSSR count). The number of oxime groups is 1. The van der Waals surface area contributed by atoms with Crippen LogP contribution in [0.2, 0.25) is 0 Å². The van der Waals surface area contributed by atoms with E-state index in [9.17, 15) is 14.8 Å². The fourth-order valence-corrected chi connectivity index (χ4v) is 1.81. The quantitative estimate of drug-likeness (QED) is 0.348. The van der Waals surface area contributed by atoms with Crippen molar-refractivity contribution in [2.24, 2.45) is 10.1 Å². The van der Waals surface area contributed by atoms with E-state index in [-0.39, 0.29) is 16.4 Å². The van der Waals surface area contributed by atoms with E-state index < -0.39 is 17.6 Å². The van der Waals surface area contributed by atoms with E-state index in [0.29, 0.717) is 4.73 Å². The lowest BCUT2D eigenvalue weighted by Crippen LogP contribution is -2.24. The Labute approximate surface area is 109 Å². The molecular formula is C8H8ClN3O5S. The maximum atomic E-state index is 11.0. The number of carbonyl (C=O) groups excluding carboxylic acids is 1. The smallest absolute Gasteiger partial charge is 0.360 e. The van der Waals surface area contributed by atoms with Gasteiger partial charge in [-0.1, -0.05) is 5.16 Å². The molecule has 0 aliphatic rings. The lowest BCUT2D eigenvalue weighted by Gasteiger charge is -1.99. The molecule has 1 amide bonds. The standard InChI is InChI=1S/C8H8ClN3O5S/c1-17-11-6(7(14)15)4-3-18-8(12(4)16)10-5(13)2-9/h3,16H,2H2,1H3,(H,14,15). The van der Waals surface area contributed by atoms with Crippen molar-refractivity contribution in [1.82, 2.24) is 4.73 Å². The largest absolute Gasteiger partial charge is 0.476 e. The Morgan fingerprint density at radius 3 is 2.78 bits per heavy atom. The summed E-state index contributed by atoms with van der Waals surface area (Å²) >= 11 is 6.11. The van der Waals surface area contributed by atoms with Crippen LogP contribution in [0.1, 0.15) is 5.69 Å². The molecule has 1 aromatic rings. The predicted octanol–water partition coefficient (Wildman–Crippen LogP) is -0.112. The van der Waals surface area contributed by atoms with Crippen LogP contribution in [0.5, 0.6) is 0 Å². The zero-order valence-electron chi connectivity index (χ0n) is 9.03. The van der Waals surface area contributed by atoms with Crippen molar-refractivity contribution in [1.29, 1.82) is 0 Å². The molecule has 1 heterocycles. The number of aliphatic carboxylic acids is 1. The Morgan fingerprint density at radius 2 is 2.28 bits per heavy atom. The first-order chi connectivity index (χ1) is 8.51. The van der Waals surface area contributed by atoms with Crippen LogP contribution in [0.3, 0.4) is 0 Å². The number of alkyl halides is 1. The fourth-order valence-electron chi connectivity index (χ4n) is 0.964. The van der Waals surface area contributed by atoms with Crippen molar-refractivity contribution in [3.63, 3.8) is 0 Å². The monoisotopic (exact) mass is 293 g/mol. The van der Waals surface area contributed by atoms with Gasteiger partial charge in [-0.25, -0.2) is 4.79 Å². The van der Waals surface area contributed by atoms with E-state index in [4.69, 9.17) is 16.7 Å². The Hall–Kier alpha value is -1.87. The minimum absolute atomic E-state index is 0.110. The van der Waals surface area contributed by atoms with E-state index in [1.165, 1.54) is 12.5 Å². The van der Waals surface area contributed by atoms with Gasteiger partial charge in [0.25, 0.3) is 5.91 Å². The second-order valence-corrected chi connectivity index (χ2v) is 3.89. The topological polar surface area (TPSA) is 113 Å². The summed E-state index contributed by atoms with van der Waals surface area (Å²) in [6.07, 6.45) is 0. The third kappa shape index (κ3) is 3.08. The van der Waals surface area contributed by atoms with Crippen LogP contribution < -0.4 is 4.80 Å².